The van der Waals surface area contributed by atoms with Crippen molar-refractivity contribution in [3.63, 3.8) is 0 Å². The molecule has 1 aromatic rings. The lowest BCUT2D eigenvalue weighted by Crippen LogP contribution is -2.41. The third-order valence-electron chi connectivity index (χ3n) is 3.84. The van der Waals surface area contributed by atoms with Crippen LogP contribution in [0.15, 0.2) is 18.3 Å². The molecule has 1 saturated heterocycles. The summed E-state index contributed by atoms with van der Waals surface area (Å²) in [6, 6.07) is 4.33. The van der Waals surface area contributed by atoms with Gasteiger partial charge in [-0.3, -0.25) is 4.90 Å². The summed E-state index contributed by atoms with van der Waals surface area (Å²) in [5, 5.41) is 3.52. The average molecular weight is 319 g/mol. The molecular formula is C18H29N3O2. The van der Waals surface area contributed by atoms with Gasteiger partial charge >= 0.3 is 6.09 Å². The SMILES string of the molecule is CC(C)N(C(=O)OC(C)(C)C)c1ccc([C@@H]2CCCCN2)cn1. The number of ether oxygens (including phenoxy) is 1. The van der Waals surface area contributed by atoms with Gasteiger partial charge in [-0.25, -0.2) is 9.78 Å². The van der Waals surface area contributed by atoms with Gasteiger partial charge in [0.05, 0.1) is 0 Å². The van der Waals surface area contributed by atoms with Crippen LogP contribution in [0.1, 0.15) is 65.5 Å². The highest BCUT2D eigenvalue weighted by Gasteiger charge is 2.26. The van der Waals surface area contributed by atoms with Crippen LogP contribution in [-0.4, -0.2) is 29.3 Å². The number of carbonyl (C=O) groups excluding carboxylic acids is 1. The van der Waals surface area contributed by atoms with Crippen molar-refractivity contribution >= 4 is 11.9 Å². The van der Waals surface area contributed by atoms with Crippen LogP contribution >= 0.6 is 0 Å². The minimum Gasteiger partial charge on any atom is -0.443 e. The van der Waals surface area contributed by atoms with Crippen molar-refractivity contribution in [1.82, 2.24) is 10.3 Å². The van der Waals surface area contributed by atoms with Gasteiger partial charge in [0.25, 0.3) is 0 Å². The first-order valence-electron chi connectivity index (χ1n) is 8.49. The molecule has 2 heterocycles. The Bertz CT molecular complexity index is 514. The molecule has 2 rings (SSSR count). The molecule has 5 heteroatoms. The molecule has 1 aromatic heterocycles. The van der Waals surface area contributed by atoms with E-state index in [1.807, 2.05) is 46.9 Å². The van der Waals surface area contributed by atoms with Crippen molar-refractivity contribution in [1.29, 1.82) is 0 Å². The number of aromatic nitrogens is 1. The first kappa shape index (κ1) is 17.7. The molecule has 0 unspecified atom stereocenters. The van der Waals surface area contributed by atoms with E-state index >= 15 is 0 Å². The normalized spacial score (nSPS) is 18.8. The van der Waals surface area contributed by atoms with Gasteiger partial charge in [0, 0.05) is 18.3 Å². The highest BCUT2D eigenvalue weighted by molar-refractivity contribution is 5.87. The molecule has 0 bridgehead atoms. The highest BCUT2D eigenvalue weighted by Crippen LogP contribution is 2.25. The number of nitrogens with one attached hydrogen (secondary N) is 1. The monoisotopic (exact) mass is 319 g/mol. The van der Waals surface area contributed by atoms with Crippen LogP contribution in [0.4, 0.5) is 10.6 Å². The third-order valence-corrected chi connectivity index (χ3v) is 3.84. The number of rotatable bonds is 3. The molecule has 1 aliphatic rings. The fourth-order valence-corrected chi connectivity index (χ4v) is 2.76. The summed E-state index contributed by atoms with van der Waals surface area (Å²) in [7, 11) is 0. The van der Waals surface area contributed by atoms with Crippen LogP contribution in [0.5, 0.6) is 0 Å². The zero-order chi connectivity index (χ0) is 17.0. The lowest BCUT2D eigenvalue weighted by molar-refractivity contribution is 0.0569. The van der Waals surface area contributed by atoms with Gasteiger partial charge in [-0.1, -0.05) is 12.5 Å². The molecular weight excluding hydrogens is 290 g/mol. The number of nitrogens with zero attached hydrogens (tertiary/aromatic N) is 2. The number of anilines is 1. The summed E-state index contributed by atoms with van der Waals surface area (Å²) < 4.78 is 5.50. The van der Waals surface area contributed by atoms with E-state index in [0.717, 1.165) is 13.0 Å². The van der Waals surface area contributed by atoms with Crippen molar-refractivity contribution in [2.24, 2.45) is 0 Å². The summed E-state index contributed by atoms with van der Waals surface area (Å²) in [6.07, 6.45) is 5.14. The maximum absolute atomic E-state index is 12.4. The smallest absolute Gasteiger partial charge is 0.416 e. The maximum atomic E-state index is 12.4. The van der Waals surface area contributed by atoms with Crippen LogP contribution in [0.3, 0.4) is 0 Å². The molecule has 0 aliphatic carbocycles. The number of carbonyl (C=O) groups is 1. The Morgan fingerprint density at radius 1 is 1.35 bits per heavy atom. The van der Waals surface area contributed by atoms with Gasteiger partial charge in [-0.2, -0.15) is 0 Å². The Hall–Kier alpha value is -1.62. The second-order valence-corrected chi connectivity index (χ2v) is 7.40. The average Bonchev–Trinajstić information content (AvgIpc) is 2.47. The number of piperidine rings is 1. The molecule has 1 amide bonds. The molecule has 0 radical (unpaired) electrons. The van der Waals surface area contributed by atoms with Crippen LogP contribution in [-0.2, 0) is 4.74 Å². The summed E-state index contributed by atoms with van der Waals surface area (Å²) in [6.45, 7) is 10.6. The molecule has 1 atom stereocenters. The lowest BCUT2D eigenvalue weighted by Gasteiger charge is -2.30. The van der Waals surface area contributed by atoms with Gasteiger partial charge < -0.3 is 10.1 Å². The molecule has 1 aliphatic heterocycles. The van der Waals surface area contributed by atoms with E-state index in [0.29, 0.717) is 11.9 Å². The fourth-order valence-electron chi connectivity index (χ4n) is 2.76. The van der Waals surface area contributed by atoms with Gasteiger partial charge in [-0.15, -0.1) is 0 Å². The summed E-state index contributed by atoms with van der Waals surface area (Å²) in [5.74, 6) is 0.633. The topological polar surface area (TPSA) is 54.5 Å². The fraction of sp³-hybridized carbons (Fsp3) is 0.667. The Kier molecular flexibility index (Phi) is 5.63. The summed E-state index contributed by atoms with van der Waals surface area (Å²) in [5.41, 5.74) is 0.664. The highest BCUT2D eigenvalue weighted by atomic mass is 16.6. The van der Waals surface area contributed by atoms with Gasteiger partial charge in [0.1, 0.15) is 11.4 Å². The molecule has 23 heavy (non-hydrogen) atoms. The zero-order valence-electron chi connectivity index (χ0n) is 14.9. The second-order valence-electron chi connectivity index (χ2n) is 7.40. The van der Waals surface area contributed by atoms with Crippen LogP contribution in [0, 0.1) is 0 Å². The standard InChI is InChI=1S/C18H29N3O2/c1-13(2)21(17(22)23-18(3,4)5)16-10-9-14(12-20-16)15-8-6-7-11-19-15/h9-10,12-13,15,19H,6-8,11H2,1-5H3/t15-/m0/s1. The zero-order valence-corrected chi connectivity index (χ0v) is 14.9. The van der Waals surface area contributed by atoms with E-state index in [1.165, 1.54) is 18.4 Å². The van der Waals surface area contributed by atoms with Crippen molar-refractivity contribution in [3.8, 4) is 0 Å². The van der Waals surface area contributed by atoms with E-state index in [4.69, 9.17) is 4.74 Å². The predicted octanol–water partition coefficient (Wildman–Crippen LogP) is 4.05. The first-order valence-corrected chi connectivity index (χ1v) is 8.49. The number of pyridine rings is 1. The molecule has 0 saturated carbocycles. The van der Waals surface area contributed by atoms with Crippen molar-refractivity contribution < 1.29 is 9.53 Å². The molecule has 0 aromatic carbocycles. The molecule has 5 nitrogen and oxygen atoms in total. The molecule has 1 N–H and O–H groups in total. The Morgan fingerprint density at radius 2 is 2.09 bits per heavy atom. The number of amides is 1. The Morgan fingerprint density at radius 3 is 2.57 bits per heavy atom. The summed E-state index contributed by atoms with van der Waals surface area (Å²) in [4.78, 5) is 18.6. The number of hydrogen-bond donors (Lipinski definition) is 1. The van der Waals surface area contributed by atoms with E-state index in [1.54, 1.807) is 4.90 Å². The molecule has 128 valence electrons. The Labute approximate surface area is 139 Å². The Balaban J connectivity index is 2.14. The van der Waals surface area contributed by atoms with Crippen molar-refractivity contribution in [3.05, 3.63) is 23.9 Å². The van der Waals surface area contributed by atoms with Gasteiger partial charge in [0.15, 0.2) is 0 Å². The largest absolute Gasteiger partial charge is 0.443 e. The summed E-state index contributed by atoms with van der Waals surface area (Å²) >= 11 is 0. The van der Waals surface area contributed by atoms with Gasteiger partial charge in [-0.05, 0) is 65.6 Å². The quantitative estimate of drug-likeness (QED) is 0.913. The van der Waals surface area contributed by atoms with E-state index in [2.05, 4.69) is 16.4 Å². The van der Waals surface area contributed by atoms with Crippen molar-refractivity contribution in [2.75, 3.05) is 11.4 Å². The van der Waals surface area contributed by atoms with E-state index in [-0.39, 0.29) is 12.1 Å². The van der Waals surface area contributed by atoms with Crippen LogP contribution in [0.2, 0.25) is 0 Å². The maximum Gasteiger partial charge on any atom is 0.416 e. The van der Waals surface area contributed by atoms with Gasteiger partial charge in [0.2, 0.25) is 0 Å². The third kappa shape index (κ3) is 4.93. The predicted molar refractivity (Wildman–Crippen MR) is 92.7 cm³/mol. The lowest BCUT2D eigenvalue weighted by atomic mass is 9.99. The van der Waals surface area contributed by atoms with Crippen LogP contribution in [0.25, 0.3) is 0 Å². The molecule has 1 fully saturated rings. The van der Waals surface area contributed by atoms with E-state index < -0.39 is 5.60 Å². The minimum absolute atomic E-state index is 0.0176. The van der Waals surface area contributed by atoms with Crippen molar-refractivity contribution in [2.45, 2.75) is 71.6 Å². The minimum atomic E-state index is -0.518. The van der Waals surface area contributed by atoms with Crippen LogP contribution < -0.4 is 10.2 Å². The number of hydrogen-bond acceptors (Lipinski definition) is 4. The first-order chi connectivity index (χ1) is 10.8. The second kappa shape index (κ2) is 7.30. The van der Waals surface area contributed by atoms with E-state index in [9.17, 15) is 4.79 Å². The molecule has 0 spiro atoms.